The Labute approximate surface area is 94.3 Å². The van der Waals surface area contributed by atoms with Crippen LogP contribution in [0.25, 0.3) is 0 Å². The van der Waals surface area contributed by atoms with Crippen molar-refractivity contribution in [2.45, 2.75) is 13.0 Å². The van der Waals surface area contributed by atoms with Crippen molar-refractivity contribution in [1.29, 1.82) is 0 Å². The van der Waals surface area contributed by atoms with E-state index in [2.05, 4.69) is 15.4 Å². The van der Waals surface area contributed by atoms with Crippen molar-refractivity contribution in [3.8, 4) is 0 Å². The molecule has 0 spiro atoms. The van der Waals surface area contributed by atoms with Gasteiger partial charge in [-0.15, -0.1) is 0 Å². The zero-order valence-corrected chi connectivity index (χ0v) is 9.00. The van der Waals surface area contributed by atoms with Gasteiger partial charge in [0.2, 0.25) is 0 Å². The van der Waals surface area contributed by atoms with Gasteiger partial charge in [0.15, 0.2) is 0 Å². The minimum absolute atomic E-state index is 0.726. The molecule has 0 aromatic carbocycles. The van der Waals surface area contributed by atoms with Gasteiger partial charge in [-0.3, -0.25) is 4.68 Å². The predicted octanol–water partition coefficient (Wildman–Crippen LogP) is 1.36. The number of pyridine rings is 1. The molecule has 5 heteroatoms. The number of nitrogens with two attached hydrogens (primary N) is 1. The SMILES string of the molecule is Nc1ccnc(NCCCn2cccn2)c1. The zero-order chi connectivity index (χ0) is 11.2. The van der Waals surface area contributed by atoms with E-state index in [0.29, 0.717) is 0 Å². The summed E-state index contributed by atoms with van der Waals surface area (Å²) < 4.78 is 1.91. The highest BCUT2D eigenvalue weighted by molar-refractivity contribution is 5.48. The third-order valence-corrected chi connectivity index (χ3v) is 2.21. The van der Waals surface area contributed by atoms with Crippen LogP contribution < -0.4 is 11.1 Å². The summed E-state index contributed by atoms with van der Waals surface area (Å²) in [6.45, 7) is 1.76. The number of anilines is 2. The molecule has 2 aromatic rings. The highest BCUT2D eigenvalue weighted by Crippen LogP contribution is 2.07. The number of nitrogens with one attached hydrogen (secondary N) is 1. The van der Waals surface area contributed by atoms with Crippen LogP contribution in [0, 0.1) is 0 Å². The molecule has 0 fully saturated rings. The van der Waals surface area contributed by atoms with Gasteiger partial charge in [-0.1, -0.05) is 0 Å². The standard InChI is InChI=1S/C11H15N5/c12-10-3-6-14-11(9-10)13-4-1-7-16-8-2-5-15-16/h2-3,5-6,8-9H,1,4,7H2,(H3,12,13,14). The average Bonchev–Trinajstić information content (AvgIpc) is 2.77. The molecule has 0 saturated carbocycles. The number of nitrogen functional groups attached to an aromatic ring is 1. The van der Waals surface area contributed by atoms with Crippen molar-refractivity contribution in [1.82, 2.24) is 14.8 Å². The van der Waals surface area contributed by atoms with Crippen LogP contribution in [0.3, 0.4) is 0 Å². The smallest absolute Gasteiger partial charge is 0.127 e. The lowest BCUT2D eigenvalue weighted by molar-refractivity contribution is 0.591. The van der Waals surface area contributed by atoms with Crippen LogP contribution in [0.2, 0.25) is 0 Å². The second kappa shape index (κ2) is 5.16. The molecule has 0 saturated heterocycles. The van der Waals surface area contributed by atoms with Crippen LogP contribution in [-0.2, 0) is 6.54 Å². The largest absolute Gasteiger partial charge is 0.399 e. The Morgan fingerprint density at radius 3 is 3.06 bits per heavy atom. The van der Waals surface area contributed by atoms with Crippen LogP contribution in [-0.4, -0.2) is 21.3 Å². The van der Waals surface area contributed by atoms with Crippen molar-refractivity contribution in [2.75, 3.05) is 17.6 Å². The lowest BCUT2D eigenvalue weighted by Gasteiger charge is -2.05. The predicted molar refractivity (Wildman–Crippen MR) is 64.0 cm³/mol. The Morgan fingerprint density at radius 1 is 1.38 bits per heavy atom. The normalized spacial score (nSPS) is 10.2. The molecule has 0 radical (unpaired) electrons. The van der Waals surface area contributed by atoms with E-state index >= 15 is 0 Å². The molecule has 0 amide bonds. The lowest BCUT2D eigenvalue weighted by Crippen LogP contribution is -2.08. The van der Waals surface area contributed by atoms with E-state index in [1.165, 1.54) is 0 Å². The van der Waals surface area contributed by atoms with E-state index in [9.17, 15) is 0 Å². The van der Waals surface area contributed by atoms with Crippen molar-refractivity contribution < 1.29 is 0 Å². The maximum Gasteiger partial charge on any atom is 0.127 e. The van der Waals surface area contributed by atoms with E-state index in [0.717, 1.165) is 31.0 Å². The summed E-state index contributed by atoms with van der Waals surface area (Å²) in [6, 6.07) is 5.52. The fourth-order valence-electron chi connectivity index (χ4n) is 1.43. The molecule has 0 atom stereocenters. The van der Waals surface area contributed by atoms with Crippen molar-refractivity contribution in [3.63, 3.8) is 0 Å². The monoisotopic (exact) mass is 217 g/mol. The molecule has 2 rings (SSSR count). The number of rotatable bonds is 5. The van der Waals surface area contributed by atoms with Gasteiger partial charge in [0.1, 0.15) is 5.82 Å². The maximum atomic E-state index is 5.65. The molecule has 0 aliphatic heterocycles. The molecule has 0 aliphatic rings. The summed E-state index contributed by atoms with van der Waals surface area (Å²) >= 11 is 0. The highest BCUT2D eigenvalue weighted by Gasteiger charge is 1.94. The van der Waals surface area contributed by atoms with Gasteiger partial charge < -0.3 is 11.1 Å². The topological polar surface area (TPSA) is 68.8 Å². The van der Waals surface area contributed by atoms with Crippen LogP contribution in [0.1, 0.15) is 6.42 Å². The Morgan fingerprint density at radius 2 is 2.31 bits per heavy atom. The second-order valence-electron chi connectivity index (χ2n) is 3.52. The Kier molecular flexibility index (Phi) is 3.38. The molecule has 3 N–H and O–H groups in total. The molecular formula is C11H15N5. The van der Waals surface area contributed by atoms with Gasteiger partial charge in [-0.2, -0.15) is 5.10 Å². The Hall–Kier alpha value is -2.04. The first-order valence-electron chi connectivity index (χ1n) is 5.27. The second-order valence-corrected chi connectivity index (χ2v) is 3.52. The molecule has 16 heavy (non-hydrogen) atoms. The van der Waals surface area contributed by atoms with E-state index < -0.39 is 0 Å². The van der Waals surface area contributed by atoms with Crippen molar-refractivity contribution >= 4 is 11.5 Å². The van der Waals surface area contributed by atoms with E-state index in [1.807, 2.05) is 23.0 Å². The minimum atomic E-state index is 0.726. The summed E-state index contributed by atoms with van der Waals surface area (Å²) in [5, 5.41) is 7.34. The quantitative estimate of drug-likeness (QED) is 0.742. The number of aryl methyl sites for hydroxylation is 1. The van der Waals surface area contributed by atoms with E-state index in [4.69, 9.17) is 5.73 Å². The first kappa shape index (κ1) is 10.5. The Bertz CT molecular complexity index is 424. The summed E-state index contributed by atoms with van der Waals surface area (Å²) in [5.41, 5.74) is 6.37. The Balaban J connectivity index is 1.72. The van der Waals surface area contributed by atoms with Crippen LogP contribution in [0.4, 0.5) is 11.5 Å². The summed E-state index contributed by atoms with van der Waals surface area (Å²) in [4.78, 5) is 4.16. The fourth-order valence-corrected chi connectivity index (χ4v) is 1.43. The lowest BCUT2D eigenvalue weighted by atomic mass is 10.4. The molecule has 2 aromatic heterocycles. The van der Waals surface area contributed by atoms with Gasteiger partial charge in [-0.05, 0) is 18.6 Å². The van der Waals surface area contributed by atoms with Crippen LogP contribution in [0.15, 0.2) is 36.8 Å². The van der Waals surface area contributed by atoms with Crippen LogP contribution in [0.5, 0.6) is 0 Å². The van der Waals surface area contributed by atoms with Gasteiger partial charge in [0.05, 0.1) is 0 Å². The number of hydrogen-bond acceptors (Lipinski definition) is 4. The zero-order valence-electron chi connectivity index (χ0n) is 9.00. The number of aromatic nitrogens is 3. The van der Waals surface area contributed by atoms with Gasteiger partial charge >= 0.3 is 0 Å². The molecule has 2 heterocycles. The van der Waals surface area contributed by atoms with Crippen molar-refractivity contribution in [3.05, 3.63) is 36.8 Å². The molecule has 84 valence electrons. The van der Waals surface area contributed by atoms with E-state index in [-0.39, 0.29) is 0 Å². The first-order valence-corrected chi connectivity index (χ1v) is 5.27. The summed E-state index contributed by atoms with van der Waals surface area (Å²) in [6.07, 6.45) is 6.44. The van der Waals surface area contributed by atoms with Gasteiger partial charge in [0, 0.05) is 43.4 Å². The fraction of sp³-hybridized carbons (Fsp3) is 0.273. The molecule has 0 bridgehead atoms. The molecule has 0 aliphatic carbocycles. The third-order valence-electron chi connectivity index (χ3n) is 2.21. The van der Waals surface area contributed by atoms with Gasteiger partial charge in [0.25, 0.3) is 0 Å². The van der Waals surface area contributed by atoms with E-state index in [1.54, 1.807) is 18.5 Å². The van der Waals surface area contributed by atoms with Crippen molar-refractivity contribution in [2.24, 2.45) is 0 Å². The first-order chi connectivity index (χ1) is 7.84. The summed E-state index contributed by atoms with van der Waals surface area (Å²) in [5.74, 6) is 0.820. The highest BCUT2D eigenvalue weighted by atomic mass is 15.3. The minimum Gasteiger partial charge on any atom is -0.399 e. The third kappa shape index (κ3) is 2.98. The summed E-state index contributed by atoms with van der Waals surface area (Å²) in [7, 11) is 0. The number of hydrogen-bond donors (Lipinski definition) is 2. The molecule has 0 unspecified atom stereocenters. The maximum absolute atomic E-state index is 5.65. The molecule has 5 nitrogen and oxygen atoms in total. The molecular weight excluding hydrogens is 202 g/mol. The average molecular weight is 217 g/mol. The van der Waals surface area contributed by atoms with Crippen LogP contribution >= 0.6 is 0 Å². The number of nitrogens with zero attached hydrogens (tertiary/aromatic N) is 3. The van der Waals surface area contributed by atoms with Gasteiger partial charge in [-0.25, -0.2) is 4.98 Å².